The third-order valence-electron chi connectivity index (χ3n) is 5.07. The van der Waals surface area contributed by atoms with Crippen LogP contribution in [0.5, 0.6) is 0 Å². The summed E-state index contributed by atoms with van der Waals surface area (Å²) in [5.74, 6) is 1.83. The fourth-order valence-electron chi connectivity index (χ4n) is 4.13. The monoisotopic (exact) mass is 252 g/mol. The summed E-state index contributed by atoms with van der Waals surface area (Å²) in [7, 11) is 0. The third kappa shape index (κ3) is 3.96. The Kier molecular flexibility index (Phi) is 5.08. The van der Waals surface area contributed by atoms with Crippen molar-refractivity contribution in [2.24, 2.45) is 17.6 Å². The van der Waals surface area contributed by atoms with Gasteiger partial charge >= 0.3 is 0 Å². The average Bonchev–Trinajstić information content (AvgIpc) is 2.31. The fourth-order valence-corrected chi connectivity index (χ4v) is 4.13. The molecule has 1 saturated carbocycles. The standard InChI is InChI=1S/C16H32N2/c1-3-5-15-7-10-18(11-8-15)13-16(17)9-4-6-14(2)12-16/h14-15H,3-13,17H2,1-2H3. The summed E-state index contributed by atoms with van der Waals surface area (Å²) in [6.45, 7) is 8.41. The van der Waals surface area contributed by atoms with Gasteiger partial charge in [-0.2, -0.15) is 0 Å². The van der Waals surface area contributed by atoms with Crippen molar-refractivity contribution in [3.63, 3.8) is 0 Å². The van der Waals surface area contributed by atoms with Crippen LogP contribution in [0.3, 0.4) is 0 Å². The first kappa shape index (κ1) is 14.3. The van der Waals surface area contributed by atoms with Gasteiger partial charge in [0.25, 0.3) is 0 Å². The minimum absolute atomic E-state index is 0.120. The van der Waals surface area contributed by atoms with Gasteiger partial charge in [0.15, 0.2) is 0 Å². The van der Waals surface area contributed by atoms with Crippen molar-refractivity contribution >= 4 is 0 Å². The Bertz CT molecular complexity index is 245. The highest BCUT2D eigenvalue weighted by Gasteiger charge is 2.33. The lowest BCUT2D eigenvalue weighted by Crippen LogP contribution is -2.54. The van der Waals surface area contributed by atoms with Crippen LogP contribution in [0.15, 0.2) is 0 Å². The normalized spacial score (nSPS) is 35.8. The van der Waals surface area contributed by atoms with Crippen LogP contribution in [0.2, 0.25) is 0 Å². The molecule has 0 radical (unpaired) electrons. The molecule has 2 rings (SSSR count). The van der Waals surface area contributed by atoms with Crippen molar-refractivity contribution in [2.45, 2.75) is 70.8 Å². The number of piperidine rings is 1. The maximum Gasteiger partial charge on any atom is 0.0285 e. The van der Waals surface area contributed by atoms with Gasteiger partial charge in [-0.15, -0.1) is 0 Å². The molecule has 1 heterocycles. The molecular weight excluding hydrogens is 220 g/mol. The number of hydrogen-bond donors (Lipinski definition) is 1. The maximum atomic E-state index is 6.63. The lowest BCUT2D eigenvalue weighted by Gasteiger charge is -2.42. The minimum Gasteiger partial charge on any atom is -0.324 e. The number of nitrogens with zero attached hydrogens (tertiary/aromatic N) is 1. The summed E-state index contributed by atoms with van der Waals surface area (Å²) in [6, 6.07) is 0. The molecule has 1 aliphatic carbocycles. The first-order valence-corrected chi connectivity index (χ1v) is 8.12. The largest absolute Gasteiger partial charge is 0.324 e. The second kappa shape index (κ2) is 6.38. The van der Waals surface area contributed by atoms with E-state index >= 15 is 0 Å². The highest BCUT2D eigenvalue weighted by molar-refractivity contribution is 4.93. The second-order valence-corrected chi connectivity index (χ2v) is 7.07. The molecule has 0 spiro atoms. The zero-order valence-corrected chi connectivity index (χ0v) is 12.5. The van der Waals surface area contributed by atoms with Gasteiger partial charge in [0.05, 0.1) is 0 Å². The highest BCUT2D eigenvalue weighted by atomic mass is 15.2. The van der Waals surface area contributed by atoms with Crippen molar-refractivity contribution in [3.8, 4) is 0 Å². The summed E-state index contributed by atoms with van der Waals surface area (Å²) in [5, 5.41) is 0. The SMILES string of the molecule is CCCC1CCN(CC2(N)CCCC(C)C2)CC1. The summed E-state index contributed by atoms with van der Waals surface area (Å²) >= 11 is 0. The van der Waals surface area contributed by atoms with E-state index in [0.717, 1.165) is 18.4 Å². The Morgan fingerprint density at radius 3 is 2.56 bits per heavy atom. The number of nitrogens with two attached hydrogens (primary N) is 1. The molecule has 0 bridgehead atoms. The highest BCUT2D eigenvalue weighted by Crippen LogP contribution is 2.32. The van der Waals surface area contributed by atoms with Crippen molar-refractivity contribution in [1.82, 2.24) is 4.90 Å². The molecule has 2 N–H and O–H groups in total. The van der Waals surface area contributed by atoms with Crippen LogP contribution in [0.1, 0.15) is 65.2 Å². The summed E-state index contributed by atoms with van der Waals surface area (Å²) in [4.78, 5) is 2.64. The predicted molar refractivity (Wildman–Crippen MR) is 78.6 cm³/mol. The molecule has 2 heteroatoms. The Balaban J connectivity index is 1.76. The van der Waals surface area contributed by atoms with Crippen LogP contribution in [-0.4, -0.2) is 30.1 Å². The predicted octanol–water partition coefficient (Wildman–Crippen LogP) is 3.41. The van der Waals surface area contributed by atoms with E-state index in [-0.39, 0.29) is 5.54 Å². The van der Waals surface area contributed by atoms with Crippen molar-refractivity contribution < 1.29 is 0 Å². The quantitative estimate of drug-likeness (QED) is 0.831. The minimum atomic E-state index is 0.120. The third-order valence-corrected chi connectivity index (χ3v) is 5.07. The van der Waals surface area contributed by atoms with Crippen LogP contribution in [0, 0.1) is 11.8 Å². The second-order valence-electron chi connectivity index (χ2n) is 7.07. The van der Waals surface area contributed by atoms with Gasteiger partial charge in [-0.05, 0) is 50.6 Å². The number of likely N-dealkylation sites (tertiary alicyclic amines) is 1. The van der Waals surface area contributed by atoms with E-state index in [2.05, 4.69) is 18.7 Å². The van der Waals surface area contributed by atoms with E-state index in [0.29, 0.717) is 0 Å². The van der Waals surface area contributed by atoms with Gasteiger partial charge < -0.3 is 10.6 Å². The van der Waals surface area contributed by atoms with E-state index in [4.69, 9.17) is 5.73 Å². The van der Waals surface area contributed by atoms with Gasteiger partial charge in [0.2, 0.25) is 0 Å². The lowest BCUT2D eigenvalue weighted by atomic mass is 9.76. The Morgan fingerprint density at radius 2 is 1.94 bits per heavy atom. The zero-order valence-electron chi connectivity index (χ0n) is 12.5. The molecule has 0 amide bonds. The van der Waals surface area contributed by atoms with Crippen molar-refractivity contribution in [2.75, 3.05) is 19.6 Å². The van der Waals surface area contributed by atoms with Crippen molar-refractivity contribution in [3.05, 3.63) is 0 Å². The first-order valence-electron chi connectivity index (χ1n) is 8.12. The van der Waals surface area contributed by atoms with E-state index in [9.17, 15) is 0 Å². The van der Waals surface area contributed by atoms with Crippen LogP contribution in [0.25, 0.3) is 0 Å². The average molecular weight is 252 g/mol. The fraction of sp³-hybridized carbons (Fsp3) is 1.00. The summed E-state index contributed by atoms with van der Waals surface area (Å²) in [5.41, 5.74) is 6.75. The molecule has 2 nitrogen and oxygen atoms in total. The molecule has 0 aromatic heterocycles. The Morgan fingerprint density at radius 1 is 1.22 bits per heavy atom. The molecule has 18 heavy (non-hydrogen) atoms. The van der Waals surface area contributed by atoms with Crippen LogP contribution in [-0.2, 0) is 0 Å². The lowest BCUT2D eigenvalue weighted by molar-refractivity contribution is 0.114. The Hall–Kier alpha value is -0.0800. The van der Waals surface area contributed by atoms with Gasteiger partial charge in [0.1, 0.15) is 0 Å². The van der Waals surface area contributed by atoms with Crippen LogP contribution in [0.4, 0.5) is 0 Å². The van der Waals surface area contributed by atoms with Crippen molar-refractivity contribution in [1.29, 1.82) is 0 Å². The molecule has 2 unspecified atom stereocenters. The van der Waals surface area contributed by atoms with E-state index in [1.165, 1.54) is 64.5 Å². The van der Waals surface area contributed by atoms with E-state index in [1.807, 2.05) is 0 Å². The number of hydrogen-bond acceptors (Lipinski definition) is 2. The topological polar surface area (TPSA) is 29.3 Å². The molecule has 1 saturated heterocycles. The summed E-state index contributed by atoms with van der Waals surface area (Å²) in [6.07, 6.45) is 10.8. The molecule has 0 aromatic rings. The molecule has 2 atom stereocenters. The van der Waals surface area contributed by atoms with E-state index < -0.39 is 0 Å². The maximum absolute atomic E-state index is 6.63. The molecule has 1 aliphatic heterocycles. The van der Waals surface area contributed by atoms with Gasteiger partial charge in [-0.25, -0.2) is 0 Å². The van der Waals surface area contributed by atoms with E-state index in [1.54, 1.807) is 0 Å². The Labute approximate surface area is 113 Å². The summed E-state index contributed by atoms with van der Waals surface area (Å²) < 4.78 is 0. The smallest absolute Gasteiger partial charge is 0.0285 e. The van der Waals surface area contributed by atoms with Crippen LogP contribution >= 0.6 is 0 Å². The molecule has 2 fully saturated rings. The van der Waals surface area contributed by atoms with Gasteiger partial charge in [-0.1, -0.05) is 39.5 Å². The number of rotatable bonds is 4. The molecule has 0 aromatic carbocycles. The van der Waals surface area contributed by atoms with Gasteiger partial charge in [0, 0.05) is 12.1 Å². The molecular formula is C16H32N2. The van der Waals surface area contributed by atoms with Gasteiger partial charge in [-0.3, -0.25) is 0 Å². The molecule has 106 valence electrons. The molecule has 2 aliphatic rings. The zero-order chi connectivity index (χ0) is 13.0. The first-order chi connectivity index (χ1) is 8.61. The van der Waals surface area contributed by atoms with Crippen LogP contribution < -0.4 is 5.73 Å².